The minimum Gasteiger partial charge on any atom is -0.496 e. The molecule has 1 aromatic carbocycles. The number of aryl methyl sites for hydroxylation is 1. The van der Waals surface area contributed by atoms with Gasteiger partial charge in [0.1, 0.15) is 24.2 Å². The highest BCUT2D eigenvalue weighted by molar-refractivity contribution is 5.58. The second-order valence-corrected chi connectivity index (χ2v) is 5.22. The lowest BCUT2D eigenvalue weighted by Gasteiger charge is -2.20. The molecule has 0 atom stereocenters. The number of benzene rings is 1. The summed E-state index contributed by atoms with van der Waals surface area (Å²) in [5.41, 5.74) is 4.69. The minimum atomic E-state index is 0.894. The van der Waals surface area contributed by atoms with Gasteiger partial charge < -0.3 is 14.0 Å². The van der Waals surface area contributed by atoms with Gasteiger partial charge in [0.2, 0.25) is 0 Å². The van der Waals surface area contributed by atoms with Crippen LogP contribution in [0.15, 0.2) is 12.7 Å². The van der Waals surface area contributed by atoms with Crippen LogP contribution in [0.5, 0.6) is 11.5 Å². The fourth-order valence-electron chi connectivity index (χ4n) is 2.82. The Morgan fingerprint density at radius 2 is 1.48 bits per heavy atom. The van der Waals surface area contributed by atoms with Crippen molar-refractivity contribution in [3.8, 4) is 11.5 Å². The zero-order chi connectivity index (χ0) is 15.4. The Kier molecular flexibility index (Phi) is 4.83. The van der Waals surface area contributed by atoms with Gasteiger partial charge in [0.25, 0.3) is 0 Å². The van der Waals surface area contributed by atoms with Gasteiger partial charge in [-0.15, -0.1) is 10.2 Å². The molecule has 0 aliphatic rings. The van der Waals surface area contributed by atoms with Gasteiger partial charge >= 0.3 is 0 Å². The van der Waals surface area contributed by atoms with Crippen molar-refractivity contribution in [2.24, 2.45) is 0 Å². The summed E-state index contributed by atoms with van der Waals surface area (Å²) in [4.78, 5) is 0. The van der Waals surface area contributed by atoms with Gasteiger partial charge in [0.05, 0.1) is 14.2 Å². The number of aromatic nitrogens is 3. The molecule has 114 valence electrons. The Balaban J connectivity index is 2.26. The van der Waals surface area contributed by atoms with Gasteiger partial charge in [0.15, 0.2) is 0 Å². The van der Waals surface area contributed by atoms with Gasteiger partial charge in [-0.3, -0.25) is 0 Å². The molecule has 0 unspecified atom stereocenters. The van der Waals surface area contributed by atoms with E-state index < -0.39 is 0 Å². The average Bonchev–Trinajstić information content (AvgIpc) is 2.98. The van der Waals surface area contributed by atoms with Crippen molar-refractivity contribution in [3.05, 3.63) is 34.9 Å². The van der Waals surface area contributed by atoms with E-state index >= 15 is 0 Å². The molecule has 0 radical (unpaired) electrons. The van der Waals surface area contributed by atoms with Crippen LogP contribution in [0.3, 0.4) is 0 Å². The molecule has 0 N–H and O–H groups in total. The maximum absolute atomic E-state index is 5.64. The third-order valence-corrected chi connectivity index (χ3v) is 4.03. The summed E-state index contributed by atoms with van der Waals surface area (Å²) in [6.07, 6.45) is 5.42. The normalized spacial score (nSPS) is 10.7. The van der Waals surface area contributed by atoms with E-state index in [1.54, 1.807) is 26.9 Å². The summed E-state index contributed by atoms with van der Waals surface area (Å²) in [5.74, 6) is 1.95. The maximum atomic E-state index is 5.64. The van der Waals surface area contributed by atoms with Gasteiger partial charge in [-0.2, -0.15) is 0 Å². The monoisotopic (exact) mass is 289 g/mol. The van der Waals surface area contributed by atoms with E-state index in [9.17, 15) is 0 Å². The molecule has 2 rings (SSSR count). The molecule has 5 nitrogen and oxygen atoms in total. The smallest absolute Gasteiger partial charge is 0.125 e. The Labute approximate surface area is 125 Å². The molecule has 21 heavy (non-hydrogen) atoms. The summed E-state index contributed by atoms with van der Waals surface area (Å²) in [6.45, 7) is 7.15. The van der Waals surface area contributed by atoms with Crippen molar-refractivity contribution >= 4 is 0 Å². The Bertz CT molecular complexity index is 607. The summed E-state index contributed by atoms with van der Waals surface area (Å²) >= 11 is 0. The summed E-state index contributed by atoms with van der Waals surface area (Å²) < 4.78 is 13.2. The molecule has 0 bridgehead atoms. The maximum Gasteiger partial charge on any atom is 0.125 e. The van der Waals surface area contributed by atoms with Crippen LogP contribution in [0.25, 0.3) is 0 Å². The highest BCUT2D eigenvalue weighted by atomic mass is 16.5. The van der Waals surface area contributed by atoms with Gasteiger partial charge in [-0.25, -0.2) is 0 Å². The van der Waals surface area contributed by atoms with Crippen molar-refractivity contribution in [2.45, 2.75) is 40.2 Å². The van der Waals surface area contributed by atoms with Crippen LogP contribution < -0.4 is 9.47 Å². The molecule has 0 aliphatic heterocycles. The standard InChI is InChI=1S/C16H23N3O2/c1-11-12(2)16(21-5)14(13(3)15(11)20-4)7-6-8-19-9-17-18-10-19/h9-10H,6-8H2,1-5H3. The van der Waals surface area contributed by atoms with Crippen molar-refractivity contribution in [1.29, 1.82) is 0 Å². The van der Waals surface area contributed by atoms with Crippen molar-refractivity contribution in [1.82, 2.24) is 14.8 Å². The third-order valence-electron chi connectivity index (χ3n) is 4.03. The largest absolute Gasteiger partial charge is 0.496 e. The lowest BCUT2D eigenvalue weighted by molar-refractivity contribution is 0.389. The number of hydrogen-bond donors (Lipinski definition) is 0. The van der Waals surface area contributed by atoms with Crippen molar-refractivity contribution < 1.29 is 9.47 Å². The highest BCUT2D eigenvalue weighted by Crippen LogP contribution is 2.38. The first kappa shape index (κ1) is 15.4. The Morgan fingerprint density at radius 1 is 0.905 bits per heavy atom. The molecule has 0 saturated carbocycles. The lowest BCUT2D eigenvalue weighted by Crippen LogP contribution is -2.05. The SMILES string of the molecule is COc1c(C)c(C)c(OC)c(CCCn2cnnc2)c1C. The molecule has 2 aromatic rings. The van der Waals surface area contributed by atoms with Crippen LogP contribution in [0.4, 0.5) is 0 Å². The van der Waals surface area contributed by atoms with E-state index in [0.717, 1.165) is 42.0 Å². The van der Waals surface area contributed by atoms with E-state index in [-0.39, 0.29) is 0 Å². The number of rotatable bonds is 6. The predicted octanol–water partition coefficient (Wildman–Crippen LogP) is 2.85. The fraction of sp³-hybridized carbons (Fsp3) is 0.500. The number of methoxy groups -OCH3 is 2. The van der Waals surface area contributed by atoms with Crippen LogP contribution in [0, 0.1) is 20.8 Å². The lowest BCUT2D eigenvalue weighted by atomic mass is 9.94. The second kappa shape index (κ2) is 6.61. The molecular weight excluding hydrogens is 266 g/mol. The Morgan fingerprint density at radius 3 is 2.05 bits per heavy atom. The first-order valence-electron chi connectivity index (χ1n) is 7.13. The van der Waals surface area contributed by atoms with Gasteiger partial charge in [-0.1, -0.05) is 0 Å². The number of hydrogen-bond acceptors (Lipinski definition) is 4. The molecule has 0 aliphatic carbocycles. The molecule has 0 fully saturated rings. The van der Waals surface area contributed by atoms with Crippen LogP contribution >= 0.6 is 0 Å². The van der Waals surface area contributed by atoms with E-state index in [1.165, 1.54) is 11.1 Å². The van der Waals surface area contributed by atoms with Crippen LogP contribution in [0.1, 0.15) is 28.7 Å². The molecule has 0 spiro atoms. The summed E-state index contributed by atoms with van der Waals surface area (Å²) in [5, 5.41) is 7.64. The first-order chi connectivity index (χ1) is 10.1. The van der Waals surface area contributed by atoms with Crippen LogP contribution in [0.2, 0.25) is 0 Å². The van der Waals surface area contributed by atoms with Crippen molar-refractivity contribution in [2.75, 3.05) is 14.2 Å². The summed E-state index contributed by atoms with van der Waals surface area (Å²) in [6, 6.07) is 0. The molecule has 1 aromatic heterocycles. The van der Waals surface area contributed by atoms with E-state index in [2.05, 4.69) is 31.0 Å². The molecule has 1 heterocycles. The molecular formula is C16H23N3O2. The number of nitrogens with zero attached hydrogens (tertiary/aromatic N) is 3. The van der Waals surface area contributed by atoms with Crippen LogP contribution in [-0.4, -0.2) is 29.0 Å². The topological polar surface area (TPSA) is 49.2 Å². The minimum absolute atomic E-state index is 0.894. The first-order valence-corrected chi connectivity index (χ1v) is 7.13. The van der Waals surface area contributed by atoms with E-state index in [1.807, 2.05) is 4.57 Å². The van der Waals surface area contributed by atoms with Gasteiger partial charge in [0, 0.05) is 12.1 Å². The highest BCUT2D eigenvalue weighted by Gasteiger charge is 2.18. The second-order valence-electron chi connectivity index (χ2n) is 5.22. The third kappa shape index (κ3) is 3.01. The van der Waals surface area contributed by atoms with Gasteiger partial charge in [-0.05, 0) is 50.3 Å². The zero-order valence-electron chi connectivity index (χ0n) is 13.4. The predicted molar refractivity (Wildman–Crippen MR) is 82.1 cm³/mol. The van der Waals surface area contributed by atoms with Crippen molar-refractivity contribution in [3.63, 3.8) is 0 Å². The van der Waals surface area contributed by atoms with E-state index in [0.29, 0.717) is 0 Å². The zero-order valence-corrected chi connectivity index (χ0v) is 13.4. The number of ether oxygens (including phenoxy) is 2. The Hall–Kier alpha value is -2.04. The molecule has 0 amide bonds. The quantitative estimate of drug-likeness (QED) is 0.820. The molecule has 5 heteroatoms. The van der Waals surface area contributed by atoms with Crippen LogP contribution in [-0.2, 0) is 13.0 Å². The molecule has 0 saturated heterocycles. The average molecular weight is 289 g/mol. The summed E-state index contributed by atoms with van der Waals surface area (Å²) in [7, 11) is 3.46. The van der Waals surface area contributed by atoms with E-state index in [4.69, 9.17) is 9.47 Å². The fourth-order valence-corrected chi connectivity index (χ4v) is 2.82.